The van der Waals surface area contributed by atoms with Gasteiger partial charge in [0.25, 0.3) is 0 Å². The molecule has 0 bridgehead atoms. The van der Waals surface area contributed by atoms with Crippen molar-refractivity contribution in [3.63, 3.8) is 0 Å². The van der Waals surface area contributed by atoms with Crippen molar-refractivity contribution in [3.8, 4) is 0 Å². The van der Waals surface area contributed by atoms with Crippen LogP contribution < -0.4 is 0 Å². The Labute approximate surface area is 82.3 Å². The van der Waals surface area contributed by atoms with Gasteiger partial charge in [0, 0.05) is 13.2 Å². The Kier molecular flexibility index (Phi) is 7.29. The largest absolute Gasteiger partial charge is 0.393 e. The predicted molar refractivity (Wildman–Crippen MR) is 55.7 cm³/mol. The maximum absolute atomic E-state index is 9.37. The molecule has 0 radical (unpaired) electrons. The van der Waals surface area contributed by atoms with Crippen LogP contribution in [0.25, 0.3) is 0 Å². The van der Waals surface area contributed by atoms with E-state index in [9.17, 15) is 5.11 Å². The molecule has 80 valence electrons. The summed E-state index contributed by atoms with van der Waals surface area (Å²) in [6.45, 7) is 9.87. The number of aliphatic hydroxyl groups excluding tert-OH is 1. The minimum atomic E-state index is -0.201. The Balaban J connectivity index is 3.39. The Bertz CT molecular complexity index is 111. The lowest BCUT2D eigenvalue weighted by atomic mass is 9.97. The van der Waals surface area contributed by atoms with Gasteiger partial charge in [-0.25, -0.2) is 0 Å². The average Bonchev–Trinajstić information content (AvgIpc) is 2.03. The van der Waals surface area contributed by atoms with Gasteiger partial charge in [-0.1, -0.05) is 27.2 Å². The van der Waals surface area contributed by atoms with Crippen LogP contribution in [0.1, 0.15) is 40.5 Å². The number of hydrogen-bond donors (Lipinski definition) is 1. The maximum Gasteiger partial charge on any atom is 0.0541 e. The van der Waals surface area contributed by atoms with Crippen molar-refractivity contribution in [2.75, 3.05) is 13.2 Å². The van der Waals surface area contributed by atoms with Gasteiger partial charge in [0.2, 0.25) is 0 Å². The van der Waals surface area contributed by atoms with E-state index in [1.54, 1.807) is 0 Å². The van der Waals surface area contributed by atoms with E-state index in [4.69, 9.17) is 4.74 Å². The first-order valence-electron chi connectivity index (χ1n) is 5.33. The first-order valence-corrected chi connectivity index (χ1v) is 5.33. The molecule has 2 heteroatoms. The minimum absolute atomic E-state index is 0.201. The second-order valence-corrected chi connectivity index (χ2v) is 4.17. The van der Waals surface area contributed by atoms with Gasteiger partial charge in [-0.3, -0.25) is 0 Å². The summed E-state index contributed by atoms with van der Waals surface area (Å²) in [6, 6.07) is 0. The van der Waals surface area contributed by atoms with Gasteiger partial charge in [0.1, 0.15) is 0 Å². The second kappa shape index (κ2) is 7.34. The Morgan fingerprint density at radius 3 is 2.23 bits per heavy atom. The van der Waals surface area contributed by atoms with Gasteiger partial charge >= 0.3 is 0 Å². The lowest BCUT2D eigenvalue weighted by Crippen LogP contribution is -2.18. The normalized spacial score (nSPS) is 16.2. The molecule has 0 aliphatic rings. The van der Waals surface area contributed by atoms with E-state index in [-0.39, 0.29) is 6.10 Å². The Morgan fingerprint density at radius 2 is 1.85 bits per heavy atom. The molecule has 0 heterocycles. The molecule has 0 aliphatic carbocycles. The predicted octanol–water partition coefficient (Wildman–Crippen LogP) is 2.46. The van der Waals surface area contributed by atoms with Gasteiger partial charge in [0.05, 0.1) is 6.10 Å². The molecule has 2 nitrogen and oxygen atoms in total. The van der Waals surface area contributed by atoms with E-state index in [1.165, 1.54) is 0 Å². The van der Waals surface area contributed by atoms with E-state index in [2.05, 4.69) is 20.8 Å². The van der Waals surface area contributed by atoms with Crippen molar-refractivity contribution in [1.82, 2.24) is 0 Å². The zero-order valence-electron chi connectivity index (χ0n) is 9.42. The van der Waals surface area contributed by atoms with Crippen LogP contribution in [-0.4, -0.2) is 24.4 Å². The summed E-state index contributed by atoms with van der Waals surface area (Å²) < 4.78 is 5.47. The zero-order chi connectivity index (χ0) is 10.3. The highest BCUT2D eigenvalue weighted by Crippen LogP contribution is 2.13. The molecular formula is C11H24O2. The number of rotatable bonds is 7. The molecule has 0 saturated carbocycles. The summed E-state index contributed by atoms with van der Waals surface area (Å²) in [6.07, 6.45) is 1.80. The highest BCUT2D eigenvalue weighted by molar-refractivity contribution is 4.62. The minimum Gasteiger partial charge on any atom is -0.393 e. The highest BCUT2D eigenvalue weighted by Gasteiger charge is 2.11. The van der Waals surface area contributed by atoms with Crippen molar-refractivity contribution in [1.29, 1.82) is 0 Å². The summed E-state index contributed by atoms with van der Waals surface area (Å²) >= 11 is 0. The molecule has 0 saturated heterocycles. The lowest BCUT2D eigenvalue weighted by molar-refractivity contribution is 0.0631. The third kappa shape index (κ3) is 7.03. The van der Waals surface area contributed by atoms with Crippen LogP contribution in [0.2, 0.25) is 0 Å². The standard InChI is InChI=1S/C11H24O2/c1-5-11(10(4)12)6-7-13-8-9(2)3/h9-12H,5-8H2,1-4H3. The van der Waals surface area contributed by atoms with E-state index >= 15 is 0 Å². The number of hydrogen-bond acceptors (Lipinski definition) is 2. The van der Waals surface area contributed by atoms with Crippen LogP contribution in [0.3, 0.4) is 0 Å². The van der Waals surface area contributed by atoms with Crippen molar-refractivity contribution in [2.24, 2.45) is 11.8 Å². The van der Waals surface area contributed by atoms with Gasteiger partial charge in [-0.2, -0.15) is 0 Å². The van der Waals surface area contributed by atoms with Crippen molar-refractivity contribution in [3.05, 3.63) is 0 Å². The van der Waals surface area contributed by atoms with E-state index in [1.807, 2.05) is 6.92 Å². The number of ether oxygens (including phenoxy) is 1. The van der Waals surface area contributed by atoms with Gasteiger partial charge in [0.15, 0.2) is 0 Å². The molecule has 0 aromatic rings. The fraction of sp³-hybridized carbons (Fsp3) is 1.00. The lowest BCUT2D eigenvalue weighted by Gasteiger charge is -2.17. The molecule has 0 aromatic heterocycles. The molecule has 0 fully saturated rings. The van der Waals surface area contributed by atoms with Crippen LogP contribution in [0.4, 0.5) is 0 Å². The second-order valence-electron chi connectivity index (χ2n) is 4.17. The van der Waals surface area contributed by atoms with Crippen LogP contribution in [0.15, 0.2) is 0 Å². The van der Waals surface area contributed by atoms with Crippen molar-refractivity contribution < 1.29 is 9.84 Å². The SMILES string of the molecule is CCC(CCOCC(C)C)C(C)O. The quantitative estimate of drug-likeness (QED) is 0.622. The van der Waals surface area contributed by atoms with Crippen molar-refractivity contribution >= 4 is 0 Å². The summed E-state index contributed by atoms with van der Waals surface area (Å²) in [5, 5.41) is 9.37. The number of aliphatic hydroxyl groups is 1. The first-order chi connectivity index (χ1) is 6.07. The molecule has 0 aliphatic heterocycles. The fourth-order valence-electron chi connectivity index (χ4n) is 1.34. The summed E-state index contributed by atoms with van der Waals surface area (Å²) in [5.41, 5.74) is 0. The summed E-state index contributed by atoms with van der Waals surface area (Å²) in [7, 11) is 0. The molecule has 0 aromatic carbocycles. The Hall–Kier alpha value is -0.0800. The smallest absolute Gasteiger partial charge is 0.0541 e. The van der Waals surface area contributed by atoms with E-state index in [0.29, 0.717) is 11.8 Å². The highest BCUT2D eigenvalue weighted by atomic mass is 16.5. The van der Waals surface area contributed by atoms with Gasteiger partial charge < -0.3 is 9.84 Å². The van der Waals surface area contributed by atoms with Gasteiger partial charge in [-0.05, 0) is 25.2 Å². The van der Waals surface area contributed by atoms with Crippen LogP contribution in [0, 0.1) is 11.8 Å². The average molecular weight is 188 g/mol. The summed E-state index contributed by atoms with van der Waals surface area (Å²) in [5.74, 6) is 0.999. The summed E-state index contributed by atoms with van der Waals surface area (Å²) in [4.78, 5) is 0. The van der Waals surface area contributed by atoms with Crippen LogP contribution >= 0.6 is 0 Å². The molecule has 2 atom stereocenters. The van der Waals surface area contributed by atoms with E-state index in [0.717, 1.165) is 26.1 Å². The molecule has 13 heavy (non-hydrogen) atoms. The first kappa shape index (κ1) is 12.9. The topological polar surface area (TPSA) is 29.5 Å². The molecule has 2 unspecified atom stereocenters. The van der Waals surface area contributed by atoms with E-state index < -0.39 is 0 Å². The molecular weight excluding hydrogens is 164 g/mol. The Morgan fingerprint density at radius 1 is 1.23 bits per heavy atom. The molecule has 0 rings (SSSR count). The molecule has 0 spiro atoms. The third-order valence-corrected chi connectivity index (χ3v) is 2.29. The fourth-order valence-corrected chi connectivity index (χ4v) is 1.34. The van der Waals surface area contributed by atoms with Gasteiger partial charge in [-0.15, -0.1) is 0 Å². The molecule has 1 N–H and O–H groups in total. The zero-order valence-corrected chi connectivity index (χ0v) is 9.42. The van der Waals surface area contributed by atoms with Crippen LogP contribution in [0.5, 0.6) is 0 Å². The monoisotopic (exact) mass is 188 g/mol. The third-order valence-electron chi connectivity index (χ3n) is 2.29. The maximum atomic E-state index is 9.37. The van der Waals surface area contributed by atoms with Crippen LogP contribution in [-0.2, 0) is 4.74 Å². The molecule has 0 amide bonds. The van der Waals surface area contributed by atoms with Crippen molar-refractivity contribution in [2.45, 2.75) is 46.6 Å².